The Kier molecular flexibility index (Phi) is 3.51. The largest absolute Gasteiger partial charge is 0.454 e. The van der Waals surface area contributed by atoms with E-state index in [0.29, 0.717) is 28.3 Å². The molecule has 2 aliphatic heterocycles. The highest BCUT2D eigenvalue weighted by Crippen LogP contribution is 2.40. The third kappa shape index (κ3) is 2.46. The number of rotatable bonds is 4. The monoisotopic (exact) mass is 339 g/mol. The zero-order chi connectivity index (χ0) is 17.6. The van der Waals surface area contributed by atoms with E-state index in [0.717, 1.165) is 12.0 Å². The first-order valence-electron chi connectivity index (χ1n) is 8.11. The zero-order valence-electron chi connectivity index (χ0n) is 13.7. The van der Waals surface area contributed by atoms with Crippen LogP contribution in [0.4, 0.5) is 5.69 Å². The first-order valence-corrected chi connectivity index (χ1v) is 8.11. The number of fused-ring (bicyclic) bond motifs is 2. The minimum absolute atomic E-state index is 0.118. The Morgan fingerprint density at radius 2 is 2.00 bits per heavy atom. The molecule has 0 radical (unpaired) electrons. The van der Waals surface area contributed by atoms with Gasteiger partial charge in [0.05, 0.1) is 6.42 Å². The number of anilines is 1. The van der Waals surface area contributed by atoms with Gasteiger partial charge in [0.1, 0.15) is 0 Å². The van der Waals surface area contributed by atoms with Gasteiger partial charge in [-0.25, -0.2) is 0 Å². The molecule has 4 rings (SSSR count). The first-order chi connectivity index (χ1) is 12.0. The van der Waals surface area contributed by atoms with Crippen molar-refractivity contribution < 1.29 is 24.2 Å². The van der Waals surface area contributed by atoms with E-state index in [-0.39, 0.29) is 19.0 Å². The van der Waals surface area contributed by atoms with Gasteiger partial charge in [-0.1, -0.05) is 19.1 Å². The number of ether oxygens (including phenoxy) is 2. The molecular formula is C19H17NO5. The van der Waals surface area contributed by atoms with Gasteiger partial charge in [0.2, 0.25) is 6.79 Å². The molecule has 25 heavy (non-hydrogen) atoms. The summed E-state index contributed by atoms with van der Waals surface area (Å²) in [6, 6.07) is 10.3. The van der Waals surface area contributed by atoms with Crippen molar-refractivity contribution in [2.45, 2.75) is 25.4 Å². The fourth-order valence-corrected chi connectivity index (χ4v) is 3.19. The summed E-state index contributed by atoms with van der Waals surface area (Å²) in [6.07, 6.45) is 0.437. The van der Waals surface area contributed by atoms with E-state index in [2.05, 4.69) is 5.32 Å². The number of amides is 1. The molecule has 2 heterocycles. The van der Waals surface area contributed by atoms with Crippen molar-refractivity contribution in [3.8, 4) is 11.5 Å². The van der Waals surface area contributed by atoms with Gasteiger partial charge in [-0.2, -0.15) is 0 Å². The molecule has 1 atom stereocenters. The molecule has 0 aromatic heterocycles. The van der Waals surface area contributed by atoms with Gasteiger partial charge >= 0.3 is 0 Å². The molecule has 2 aromatic rings. The Labute approximate surface area is 144 Å². The normalized spacial score (nSPS) is 20.3. The van der Waals surface area contributed by atoms with Crippen molar-refractivity contribution >= 4 is 17.4 Å². The quantitative estimate of drug-likeness (QED) is 0.836. The molecule has 6 nitrogen and oxygen atoms in total. The Balaban J connectivity index is 1.66. The minimum atomic E-state index is -1.87. The number of aliphatic hydroxyl groups is 1. The van der Waals surface area contributed by atoms with E-state index < -0.39 is 11.5 Å². The van der Waals surface area contributed by atoms with Crippen LogP contribution in [0.25, 0.3) is 0 Å². The van der Waals surface area contributed by atoms with E-state index in [9.17, 15) is 14.7 Å². The van der Waals surface area contributed by atoms with Crippen LogP contribution in [0.5, 0.6) is 11.5 Å². The molecule has 2 aromatic carbocycles. The van der Waals surface area contributed by atoms with Crippen LogP contribution in [0.15, 0.2) is 36.4 Å². The van der Waals surface area contributed by atoms with Crippen molar-refractivity contribution in [3.63, 3.8) is 0 Å². The van der Waals surface area contributed by atoms with Gasteiger partial charge in [0.15, 0.2) is 22.9 Å². The number of carbonyl (C=O) groups is 2. The third-order valence-corrected chi connectivity index (χ3v) is 4.67. The second-order valence-electron chi connectivity index (χ2n) is 6.22. The maximum atomic E-state index is 12.7. The highest BCUT2D eigenvalue weighted by Gasteiger charge is 2.47. The number of benzene rings is 2. The van der Waals surface area contributed by atoms with E-state index >= 15 is 0 Å². The van der Waals surface area contributed by atoms with Crippen LogP contribution in [0.3, 0.4) is 0 Å². The Hall–Kier alpha value is -2.86. The summed E-state index contributed by atoms with van der Waals surface area (Å²) < 4.78 is 10.5. The second-order valence-corrected chi connectivity index (χ2v) is 6.22. The Morgan fingerprint density at radius 1 is 1.20 bits per heavy atom. The summed E-state index contributed by atoms with van der Waals surface area (Å²) in [5.74, 6) is 0.143. The first kappa shape index (κ1) is 15.7. The highest BCUT2D eigenvalue weighted by atomic mass is 16.7. The molecule has 0 spiro atoms. The zero-order valence-corrected chi connectivity index (χ0v) is 13.7. The summed E-state index contributed by atoms with van der Waals surface area (Å²) in [5, 5.41) is 13.6. The summed E-state index contributed by atoms with van der Waals surface area (Å²) in [5.41, 5.74) is 0.484. The lowest BCUT2D eigenvalue weighted by molar-refractivity contribution is -0.133. The average molecular weight is 339 g/mol. The molecule has 0 bridgehead atoms. The van der Waals surface area contributed by atoms with Crippen molar-refractivity contribution in [2.75, 3.05) is 12.1 Å². The molecule has 0 saturated heterocycles. The average Bonchev–Trinajstić information content (AvgIpc) is 3.17. The number of Topliss-reactive ketones (excluding diaryl/α,β-unsaturated/α-hetero) is 1. The summed E-state index contributed by atoms with van der Waals surface area (Å²) in [6.45, 7) is 2.11. The van der Waals surface area contributed by atoms with Crippen LogP contribution < -0.4 is 14.8 Å². The Morgan fingerprint density at radius 3 is 2.80 bits per heavy atom. The fraction of sp³-hybridized carbons (Fsp3) is 0.263. The number of aryl methyl sites for hydroxylation is 1. The van der Waals surface area contributed by atoms with Crippen LogP contribution in [0.1, 0.15) is 34.8 Å². The molecule has 6 heteroatoms. The lowest BCUT2D eigenvalue weighted by Gasteiger charge is -2.20. The predicted molar refractivity (Wildman–Crippen MR) is 89.9 cm³/mol. The number of nitrogens with one attached hydrogen (secondary N) is 1. The highest BCUT2D eigenvalue weighted by molar-refractivity contribution is 6.09. The summed E-state index contributed by atoms with van der Waals surface area (Å²) in [7, 11) is 0. The summed E-state index contributed by atoms with van der Waals surface area (Å²) >= 11 is 0. The van der Waals surface area contributed by atoms with Crippen LogP contribution in [-0.2, 0) is 16.8 Å². The van der Waals surface area contributed by atoms with Gasteiger partial charge in [-0.3, -0.25) is 9.59 Å². The topological polar surface area (TPSA) is 84.9 Å². The van der Waals surface area contributed by atoms with Crippen LogP contribution in [0.2, 0.25) is 0 Å². The molecule has 2 aliphatic rings. The van der Waals surface area contributed by atoms with Gasteiger partial charge in [-0.05, 0) is 36.2 Å². The standard InChI is InChI=1S/C19H17NO5/c1-2-11-3-5-14-13(7-11)19(23,18(22)20-14)9-15(21)12-4-6-16-17(8-12)25-10-24-16/h3-8,23H,2,9-10H2,1H3,(H,20,22)/t19-/m0/s1. The fourth-order valence-electron chi connectivity index (χ4n) is 3.19. The maximum Gasteiger partial charge on any atom is 0.261 e. The Bertz CT molecular complexity index is 891. The molecule has 1 amide bonds. The molecule has 0 saturated carbocycles. The van der Waals surface area contributed by atoms with Crippen molar-refractivity contribution in [3.05, 3.63) is 53.1 Å². The number of carbonyl (C=O) groups excluding carboxylic acids is 2. The third-order valence-electron chi connectivity index (χ3n) is 4.67. The molecule has 0 fully saturated rings. The molecule has 0 unspecified atom stereocenters. The van der Waals surface area contributed by atoms with E-state index in [1.54, 1.807) is 30.3 Å². The van der Waals surface area contributed by atoms with Gasteiger partial charge < -0.3 is 19.9 Å². The van der Waals surface area contributed by atoms with Gasteiger partial charge in [0, 0.05) is 16.8 Å². The lowest BCUT2D eigenvalue weighted by Crippen LogP contribution is -2.36. The maximum absolute atomic E-state index is 12.7. The second kappa shape index (κ2) is 5.60. The van der Waals surface area contributed by atoms with Crippen molar-refractivity contribution in [1.29, 1.82) is 0 Å². The van der Waals surface area contributed by atoms with Crippen LogP contribution in [0, 0.1) is 0 Å². The van der Waals surface area contributed by atoms with Crippen molar-refractivity contribution in [2.24, 2.45) is 0 Å². The molecule has 128 valence electrons. The smallest absolute Gasteiger partial charge is 0.261 e. The SMILES string of the molecule is CCc1ccc2c(c1)[C@@](O)(CC(=O)c1ccc3c(c1)OCO3)C(=O)N2. The van der Waals surface area contributed by atoms with Crippen LogP contribution >= 0.6 is 0 Å². The number of hydrogen-bond donors (Lipinski definition) is 2. The molecule has 2 N–H and O–H groups in total. The number of ketones is 1. The molecule has 0 aliphatic carbocycles. The van der Waals surface area contributed by atoms with Crippen molar-refractivity contribution in [1.82, 2.24) is 0 Å². The predicted octanol–water partition coefficient (Wildman–Crippen LogP) is 2.39. The lowest BCUT2D eigenvalue weighted by atomic mass is 9.87. The minimum Gasteiger partial charge on any atom is -0.454 e. The van der Waals surface area contributed by atoms with Gasteiger partial charge in [-0.15, -0.1) is 0 Å². The van der Waals surface area contributed by atoms with E-state index in [1.807, 2.05) is 13.0 Å². The van der Waals surface area contributed by atoms with E-state index in [1.165, 1.54) is 0 Å². The molecular weight excluding hydrogens is 322 g/mol. The van der Waals surface area contributed by atoms with Crippen LogP contribution in [-0.4, -0.2) is 23.6 Å². The summed E-state index contributed by atoms with van der Waals surface area (Å²) in [4.78, 5) is 25.0. The van der Waals surface area contributed by atoms with E-state index in [4.69, 9.17) is 9.47 Å². The number of hydrogen-bond acceptors (Lipinski definition) is 5. The van der Waals surface area contributed by atoms with Gasteiger partial charge in [0.25, 0.3) is 5.91 Å².